The van der Waals surface area contributed by atoms with E-state index in [2.05, 4.69) is 42.8 Å². The fourth-order valence-corrected chi connectivity index (χ4v) is 4.86. The van der Waals surface area contributed by atoms with Crippen molar-refractivity contribution in [2.45, 2.75) is 85.2 Å². The number of carbonyl (C=O) groups excluding carboxylic acids is 2. The van der Waals surface area contributed by atoms with E-state index in [4.69, 9.17) is 0 Å². The van der Waals surface area contributed by atoms with Gasteiger partial charge in [0.25, 0.3) is 0 Å². The molecular formula is C27H40N4O2. The Morgan fingerprint density at radius 1 is 1.12 bits per heavy atom. The molecule has 33 heavy (non-hydrogen) atoms. The number of aromatic nitrogens is 2. The maximum atomic E-state index is 13.1. The van der Waals surface area contributed by atoms with Gasteiger partial charge in [-0.1, -0.05) is 51.1 Å². The molecule has 3 rings (SSSR count). The van der Waals surface area contributed by atoms with E-state index in [-0.39, 0.29) is 23.8 Å². The summed E-state index contributed by atoms with van der Waals surface area (Å²) in [4.78, 5) is 27.7. The number of hydrogen-bond acceptors (Lipinski definition) is 3. The summed E-state index contributed by atoms with van der Waals surface area (Å²) in [6.07, 6.45) is 3.61. The van der Waals surface area contributed by atoms with E-state index in [1.54, 1.807) is 0 Å². The first-order valence-electron chi connectivity index (χ1n) is 12.5. The van der Waals surface area contributed by atoms with Gasteiger partial charge >= 0.3 is 0 Å². The van der Waals surface area contributed by atoms with Crippen LogP contribution in [0.4, 0.5) is 0 Å². The highest BCUT2D eigenvalue weighted by Crippen LogP contribution is 2.24. The highest BCUT2D eigenvalue weighted by Gasteiger charge is 2.28. The third kappa shape index (κ3) is 6.46. The number of aryl methyl sites for hydroxylation is 1. The summed E-state index contributed by atoms with van der Waals surface area (Å²) < 4.78 is 2.07. The van der Waals surface area contributed by atoms with Crippen molar-refractivity contribution in [1.29, 1.82) is 0 Å². The summed E-state index contributed by atoms with van der Waals surface area (Å²) in [5.74, 6) is 0.751. The van der Waals surface area contributed by atoms with Gasteiger partial charge in [-0.25, -0.2) is 0 Å². The first-order chi connectivity index (χ1) is 15.8. The Hall–Kier alpha value is -2.63. The zero-order valence-corrected chi connectivity index (χ0v) is 20.9. The van der Waals surface area contributed by atoms with E-state index in [1.165, 1.54) is 11.3 Å². The lowest BCUT2D eigenvalue weighted by atomic mass is 9.93. The normalized spacial score (nSPS) is 15.6. The van der Waals surface area contributed by atoms with Gasteiger partial charge in [0.15, 0.2) is 0 Å². The Kier molecular flexibility index (Phi) is 8.70. The molecule has 0 bridgehead atoms. The second-order valence-corrected chi connectivity index (χ2v) is 9.76. The number of benzene rings is 1. The molecule has 2 aromatic rings. The van der Waals surface area contributed by atoms with Gasteiger partial charge in [0.05, 0.1) is 11.6 Å². The third-order valence-corrected chi connectivity index (χ3v) is 6.75. The van der Waals surface area contributed by atoms with E-state index in [1.807, 2.05) is 42.2 Å². The van der Waals surface area contributed by atoms with Gasteiger partial charge in [-0.3, -0.25) is 14.3 Å². The largest absolute Gasteiger partial charge is 0.353 e. The Morgan fingerprint density at radius 3 is 2.39 bits per heavy atom. The molecule has 1 aromatic heterocycles. The summed E-state index contributed by atoms with van der Waals surface area (Å²) >= 11 is 0. The van der Waals surface area contributed by atoms with E-state index >= 15 is 0 Å². The number of carbonyl (C=O) groups is 2. The highest BCUT2D eigenvalue weighted by molar-refractivity contribution is 5.84. The van der Waals surface area contributed by atoms with Crippen LogP contribution in [-0.4, -0.2) is 45.6 Å². The van der Waals surface area contributed by atoms with Gasteiger partial charge in [-0.05, 0) is 56.6 Å². The Bertz CT molecular complexity index is 927. The van der Waals surface area contributed by atoms with Crippen LogP contribution >= 0.6 is 0 Å². The van der Waals surface area contributed by atoms with Crippen molar-refractivity contribution in [3.05, 3.63) is 52.8 Å². The molecule has 1 saturated heterocycles. The van der Waals surface area contributed by atoms with Crippen LogP contribution in [-0.2, 0) is 22.6 Å². The number of nitrogens with one attached hydrogen (secondary N) is 1. The van der Waals surface area contributed by atoms with Gasteiger partial charge in [-0.2, -0.15) is 5.10 Å². The fraction of sp³-hybridized carbons (Fsp3) is 0.593. The Balaban J connectivity index is 1.47. The summed E-state index contributed by atoms with van der Waals surface area (Å²) in [5, 5.41) is 7.86. The quantitative estimate of drug-likeness (QED) is 0.614. The maximum Gasteiger partial charge on any atom is 0.230 e. The van der Waals surface area contributed by atoms with E-state index < -0.39 is 0 Å². The SMILES string of the molecule is CCC(C(=O)N1CCC(NC(=O)CCc2c(C)nn(CC(C)C)c2C)CC1)c1ccccc1. The number of piperidine rings is 1. The van der Waals surface area contributed by atoms with Crippen molar-refractivity contribution >= 4 is 11.8 Å². The molecule has 2 heterocycles. The molecule has 1 aliphatic heterocycles. The number of likely N-dealkylation sites (tertiary alicyclic amines) is 1. The third-order valence-electron chi connectivity index (χ3n) is 6.75. The zero-order chi connectivity index (χ0) is 24.0. The minimum absolute atomic E-state index is 0.0829. The van der Waals surface area contributed by atoms with E-state index in [0.29, 0.717) is 31.8 Å². The molecule has 1 aliphatic rings. The molecule has 0 radical (unpaired) electrons. The highest BCUT2D eigenvalue weighted by atomic mass is 16.2. The number of rotatable bonds is 9. The van der Waals surface area contributed by atoms with Crippen molar-refractivity contribution < 1.29 is 9.59 Å². The maximum absolute atomic E-state index is 13.1. The standard InChI is InChI=1S/C27H40N4O2/c1-6-24(22-10-8-7-9-11-22)27(33)30-16-14-23(15-17-30)28-26(32)13-12-25-20(4)29-31(21(25)5)18-19(2)3/h7-11,19,23-24H,6,12-18H2,1-5H3,(H,28,32). The van der Waals surface area contributed by atoms with Crippen LogP contribution in [0.1, 0.15) is 74.9 Å². The van der Waals surface area contributed by atoms with E-state index in [9.17, 15) is 9.59 Å². The van der Waals surface area contributed by atoms with Gasteiger partial charge in [-0.15, -0.1) is 0 Å². The molecular weight excluding hydrogens is 412 g/mol. The van der Waals surface area contributed by atoms with Crippen LogP contribution in [0.3, 0.4) is 0 Å². The average Bonchev–Trinajstić information content (AvgIpc) is 3.05. The molecule has 1 atom stereocenters. The first kappa shape index (κ1) is 25.0. The number of amides is 2. The zero-order valence-electron chi connectivity index (χ0n) is 20.9. The molecule has 0 spiro atoms. The van der Waals surface area contributed by atoms with Gasteiger partial charge < -0.3 is 10.2 Å². The summed E-state index contributed by atoms with van der Waals surface area (Å²) in [7, 11) is 0. The second-order valence-electron chi connectivity index (χ2n) is 9.76. The van der Waals surface area contributed by atoms with Crippen LogP contribution in [0, 0.1) is 19.8 Å². The van der Waals surface area contributed by atoms with Crippen molar-refractivity contribution in [2.75, 3.05) is 13.1 Å². The molecule has 1 unspecified atom stereocenters. The topological polar surface area (TPSA) is 67.2 Å². The lowest BCUT2D eigenvalue weighted by Crippen LogP contribution is -2.47. The molecule has 6 nitrogen and oxygen atoms in total. The van der Waals surface area contributed by atoms with Crippen molar-refractivity contribution in [2.24, 2.45) is 5.92 Å². The Labute approximate surface area is 198 Å². The fourth-order valence-electron chi connectivity index (χ4n) is 4.86. The van der Waals surface area contributed by atoms with Crippen LogP contribution < -0.4 is 5.32 Å². The molecule has 6 heteroatoms. The lowest BCUT2D eigenvalue weighted by Gasteiger charge is -2.34. The lowest BCUT2D eigenvalue weighted by molar-refractivity contribution is -0.134. The summed E-state index contributed by atoms with van der Waals surface area (Å²) in [5.41, 5.74) is 4.47. The smallest absolute Gasteiger partial charge is 0.230 e. The summed E-state index contributed by atoms with van der Waals surface area (Å²) in [6, 6.07) is 10.2. The van der Waals surface area contributed by atoms with Crippen molar-refractivity contribution in [1.82, 2.24) is 20.0 Å². The first-order valence-corrected chi connectivity index (χ1v) is 12.5. The molecule has 2 amide bonds. The molecule has 1 aromatic carbocycles. The molecule has 1 N–H and O–H groups in total. The average molecular weight is 453 g/mol. The molecule has 1 fully saturated rings. The summed E-state index contributed by atoms with van der Waals surface area (Å²) in [6.45, 7) is 12.9. The van der Waals surface area contributed by atoms with Crippen LogP contribution in [0.2, 0.25) is 0 Å². The van der Waals surface area contributed by atoms with Crippen LogP contribution in [0.5, 0.6) is 0 Å². The minimum atomic E-state index is -0.0829. The van der Waals surface area contributed by atoms with E-state index in [0.717, 1.165) is 37.1 Å². The monoisotopic (exact) mass is 452 g/mol. The van der Waals surface area contributed by atoms with Crippen molar-refractivity contribution in [3.8, 4) is 0 Å². The second kappa shape index (κ2) is 11.5. The number of hydrogen-bond donors (Lipinski definition) is 1. The van der Waals surface area contributed by atoms with Gasteiger partial charge in [0.1, 0.15) is 0 Å². The molecule has 0 aliphatic carbocycles. The van der Waals surface area contributed by atoms with Crippen LogP contribution in [0.25, 0.3) is 0 Å². The predicted octanol–water partition coefficient (Wildman–Crippen LogP) is 4.39. The minimum Gasteiger partial charge on any atom is -0.353 e. The molecule has 180 valence electrons. The molecule has 0 saturated carbocycles. The van der Waals surface area contributed by atoms with Gasteiger partial charge in [0.2, 0.25) is 11.8 Å². The number of nitrogens with zero attached hydrogens (tertiary/aromatic N) is 3. The van der Waals surface area contributed by atoms with Crippen molar-refractivity contribution in [3.63, 3.8) is 0 Å². The predicted molar refractivity (Wildman–Crippen MR) is 132 cm³/mol. The Morgan fingerprint density at radius 2 is 1.79 bits per heavy atom. The van der Waals surface area contributed by atoms with Gasteiger partial charge in [0, 0.05) is 37.8 Å². The van der Waals surface area contributed by atoms with Crippen LogP contribution in [0.15, 0.2) is 30.3 Å².